The first-order valence-electron chi connectivity index (χ1n) is 7.80. The number of amides is 1. The molecular weight excluding hydrogens is 278 g/mol. The number of nitrogens with one attached hydrogen (secondary N) is 1. The summed E-state index contributed by atoms with van der Waals surface area (Å²) >= 11 is 0. The minimum Gasteiger partial charge on any atom is -0.354 e. The Hall–Kier alpha value is -2.11. The Morgan fingerprint density at radius 2 is 2.05 bits per heavy atom. The van der Waals surface area contributed by atoms with Gasteiger partial charge in [-0.15, -0.1) is 0 Å². The van der Waals surface area contributed by atoms with Gasteiger partial charge in [-0.3, -0.25) is 14.2 Å². The van der Waals surface area contributed by atoms with Crippen LogP contribution in [0.2, 0.25) is 0 Å². The second-order valence-corrected chi connectivity index (χ2v) is 5.60. The van der Waals surface area contributed by atoms with Gasteiger partial charge in [0.15, 0.2) is 0 Å². The van der Waals surface area contributed by atoms with Crippen molar-refractivity contribution in [2.24, 2.45) is 0 Å². The second kappa shape index (κ2) is 7.24. The van der Waals surface area contributed by atoms with E-state index < -0.39 is 0 Å². The molecule has 2 heterocycles. The smallest absolute Gasteiger partial charge is 0.220 e. The number of aryl methyl sites for hydroxylation is 5. The highest BCUT2D eigenvalue weighted by Gasteiger charge is 2.08. The lowest BCUT2D eigenvalue weighted by Gasteiger charge is -2.06. The Morgan fingerprint density at radius 1 is 1.27 bits per heavy atom. The number of hydrogen-bond donors (Lipinski definition) is 1. The first-order valence-corrected chi connectivity index (χ1v) is 7.80. The quantitative estimate of drug-likeness (QED) is 0.848. The Balaban J connectivity index is 1.74. The highest BCUT2D eigenvalue weighted by Crippen LogP contribution is 2.08. The number of rotatable bonds is 7. The standard InChI is InChI=1S/C16H25N5O/c1-5-20-11-15(14(4)19-20)6-7-16(22)17-8-9-21-13(3)10-12(2)18-21/h10-11H,5-9H2,1-4H3,(H,17,22). The van der Waals surface area contributed by atoms with E-state index in [1.807, 2.05) is 42.4 Å². The molecule has 1 N–H and O–H groups in total. The molecule has 0 spiro atoms. The molecule has 6 nitrogen and oxygen atoms in total. The lowest BCUT2D eigenvalue weighted by atomic mass is 10.1. The molecule has 0 aliphatic rings. The molecule has 120 valence electrons. The van der Waals surface area contributed by atoms with Crippen LogP contribution in [-0.4, -0.2) is 32.0 Å². The van der Waals surface area contributed by atoms with Gasteiger partial charge >= 0.3 is 0 Å². The van der Waals surface area contributed by atoms with Gasteiger partial charge < -0.3 is 5.32 Å². The van der Waals surface area contributed by atoms with Crippen LogP contribution in [0.1, 0.15) is 36.0 Å². The highest BCUT2D eigenvalue weighted by molar-refractivity contribution is 5.76. The summed E-state index contributed by atoms with van der Waals surface area (Å²) in [6, 6.07) is 2.04. The van der Waals surface area contributed by atoms with Crippen molar-refractivity contribution in [3.8, 4) is 0 Å². The van der Waals surface area contributed by atoms with Gasteiger partial charge in [0.1, 0.15) is 0 Å². The van der Waals surface area contributed by atoms with E-state index >= 15 is 0 Å². The third kappa shape index (κ3) is 4.19. The molecule has 2 aromatic heterocycles. The van der Waals surface area contributed by atoms with E-state index in [9.17, 15) is 4.79 Å². The molecule has 1 amide bonds. The average Bonchev–Trinajstić information content (AvgIpc) is 2.99. The summed E-state index contributed by atoms with van der Waals surface area (Å²) in [6.45, 7) is 10.2. The predicted octanol–water partition coefficient (Wildman–Crippen LogP) is 1.77. The molecule has 0 aromatic carbocycles. The normalized spacial score (nSPS) is 10.9. The van der Waals surface area contributed by atoms with Gasteiger partial charge in [-0.05, 0) is 45.7 Å². The summed E-state index contributed by atoms with van der Waals surface area (Å²) in [4.78, 5) is 11.9. The molecule has 0 saturated heterocycles. The van der Waals surface area contributed by atoms with Crippen molar-refractivity contribution >= 4 is 5.91 Å². The Labute approximate surface area is 131 Å². The van der Waals surface area contributed by atoms with E-state index in [1.54, 1.807) is 0 Å². The average molecular weight is 303 g/mol. The van der Waals surface area contributed by atoms with E-state index in [4.69, 9.17) is 0 Å². The van der Waals surface area contributed by atoms with Crippen molar-refractivity contribution in [3.05, 3.63) is 34.9 Å². The van der Waals surface area contributed by atoms with Gasteiger partial charge in [0.05, 0.1) is 17.9 Å². The molecular formula is C16H25N5O. The molecule has 2 rings (SSSR count). The van der Waals surface area contributed by atoms with Crippen molar-refractivity contribution in [2.45, 2.75) is 53.6 Å². The maximum absolute atomic E-state index is 11.9. The fraction of sp³-hybridized carbons (Fsp3) is 0.562. The number of carbonyl (C=O) groups is 1. The van der Waals surface area contributed by atoms with Gasteiger partial charge in [-0.2, -0.15) is 10.2 Å². The topological polar surface area (TPSA) is 64.7 Å². The zero-order chi connectivity index (χ0) is 16.1. The van der Waals surface area contributed by atoms with E-state index in [2.05, 4.69) is 22.4 Å². The van der Waals surface area contributed by atoms with E-state index in [-0.39, 0.29) is 5.91 Å². The second-order valence-electron chi connectivity index (χ2n) is 5.60. The van der Waals surface area contributed by atoms with Crippen molar-refractivity contribution in [1.82, 2.24) is 24.9 Å². The number of hydrogen-bond acceptors (Lipinski definition) is 3. The molecule has 0 saturated carbocycles. The first-order chi connectivity index (χ1) is 10.5. The summed E-state index contributed by atoms with van der Waals surface area (Å²) in [5, 5.41) is 11.7. The van der Waals surface area contributed by atoms with Crippen molar-refractivity contribution < 1.29 is 4.79 Å². The number of nitrogens with zero attached hydrogens (tertiary/aromatic N) is 4. The maximum Gasteiger partial charge on any atom is 0.220 e. The minimum atomic E-state index is 0.0742. The molecule has 0 radical (unpaired) electrons. The van der Waals surface area contributed by atoms with Gasteiger partial charge in [-0.25, -0.2) is 0 Å². The zero-order valence-corrected chi connectivity index (χ0v) is 13.9. The summed E-state index contributed by atoms with van der Waals surface area (Å²) in [5.41, 5.74) is 4.29. The van der Waals surface area contributed by atoms with Gasteiger partial charge in [0.2, 0.25) is 5.91 Å². The molecule has 22 heavy (non-hydrogen) atoms. The summed E-state index contributed by atoms with van der Waals surface area (Å²) < 4.78 is 3.83. The SMILES string of the molecule is CCn1cc(CCC(=O)NCCn2nc(C)cc2C)c(C)n1. The molecule has 2 aromatic rings. The van der Waals surface area contributed by atoms with E-state index in [1.165, 1.54) is 0 Å². The maximum atomic E-state index is 11.9. The first kappa shape index (κ1) is 16.3. The van der Waals surface area contributed by atoms with Crippen LogP contribution < -0.4 is 5.32 Å². The van der Waals surface area contributed by atoms with Crippen molar-refractivity contribution in [3.63, 3.8) is 0 Å². The summed E-state index contributed by atoms with van der Waals surface area (Å²) in [6.07, 6.45) is 3.25. The lowest BCUT2D eigenvalue weighted by Crippen LogP contribution is -2.28. The van der Waals surface area contributed by atoms with Crippen LogP contribution in [0.5, 0.6) is 0 Å². The summed E-state index contributed by atoms with van der Waals surface area (Å²) in [7, 11) is 0. The Bertz CT molecular complexity index is 641. The van der Waals surface area contributed by atoms with Crippen LogP contribution in [0.3, 0.4) is 0 Å². The third-order valence-electron chi connectivity index (χ3n) is 3.74. The third-order valence-corrected chi connectivity index (χ3v) is 3.74. The van der Waals surface area contributed by atoms with E-state index in [0.29, 0.717) is 19.5 Å². The van der Waals surface area contributed by atoms with E-state index in [0.717, 1.165) is 35.6 Å². The Morgan fingerprint density at radius 3 is 2.64 bits per heavy atom. The number of aromatic nitrogens is 4. The van der Waals surface area contributed by atoms with Crippen molar-refractivity contribution in [2.75, 3.05) is 6.54 Å². The van der Waals surface area contributed by atoms with Gasteiger partial charge in [0.25, 0.3) is 0 Å². The molecule has 0 bridgehead atoms. The van der Waals surface area contributed by atoms with Crippen LogP contribution in [0.4, 0.5) is 0 Å². The number of carbonyl (C=O) groups excluding carboxylic acids is 1. The lowest BCUT2D eigenvalue weighted by molar-refractivity contribution is -0.121. The van der Waals surface area contributed by atoms with Crippen LogP contribution in [-0.2, 0) is 24.3 Å². The fourth-order valence-electron chi connectivity index (χ4n) is 2.51. The highest BCUT2D eigenvalue weighted by atomic mass is 16.1. The fourth-order valence-corrected chi connectivity index (χ4v) is 2.51. The summed E-state index contributed by atoms with van der Waals surface area (Å²) in [5.74, 6) is 0.0742. The molecule has 0 unspecified atom stereocenters. The monoisotopic (exact) mass is 303 g/mol. The van der Waals surface area contributed by atoms with Crippen LogP contribution in [0, 0.1) is 20.8 Å². The predicted molar refractivity (Wildman–Crippen MR) is 85.7 cm³/mol. The Kier molecular flexibility index (Phi) is 5.35. The van der Waals surface area contributed by atoms with Crippen LogP contribution in [0.25, 0.3) is 0 Å². The molecule has 0 fully saturated rings. The minimum absolute atomic E-state index is 0.0742. The van der Waals surface area contributed by atoms with Crippen molar-refractivity contribution in [1.29, 1.82) is 0 Å². The molecule has 0 aliphatic heterocycles. The zero-order valence-electron chi connectivity index (χ0n) is 13.9. The largest absolute Gasteiger partial charge is 0.354 e. The molecule has 6 heteroatoms. The van der Waals surface area contributed by atoms with Gasteiger partial charge in [-0.1, -0.05) is 0 Å². The van der Waals surface area contributed by atoms with Gasteiger partial charge in [0, 0.05) is 31.4 Å². The van der Waals surface area contributed by atoms with Crippen LogP contribution in [0.15, 0.2) is 12.3 Å². The molecule has 0 aliphatic carbocycles. The van der Waals surface area contributed by atoms with Crippen LogP contribution >= 0.6 is 0 Å². The molecule has 0 atom stereocenters.